The standard InChI is InChI=1S/C16H15Cl4N/c1-2-15(10-4-3-5-11(17)8-10)21-9-12-13(18)6-7-14(19)16(12)20/h3-8,15,21H,2,9H2,1H3. The minimum absolute atomic E-state index is 0.176. The number of rotatable bonds is 5. The fourth-order valence-electron chi connectivity index (χ4n) is 2.18. The van der Waals surface area contributed by atoms with Gasteiger partial charge in [-0.3, -0.25) is 0 Å². The van der Waals surface area contributed by atoms with Crippen LogP contribution in [0.1, 0.15) is 30.5 Å². The van der Waals surface area contributed by atoms with Gasteiger partial charge in [0.05, 0.1) is 10.0 Å². The summed E-state index contributed by atoms with van der Waals surface area (Å²) in [6, 6.07) is 11.5. The van der Waals surface area contributed by atoms with Crippen LogP contribution in [0, 0.1) is 0 Å². The molecule has 0 aliphatic rings. The molecule has 0 fully saturated rings. The fraction of sp³-hybridized carbons (Fsp3) is 0.250. The third-order valence-electron chi connectivity index (χ3n) is 3.32. The molecule has 0 aromatic heterocycles. The van der Waals surface area contributed by atoms with E-state index in [4.69, 9.17) is 46.4 Å². The molecule has 0 bridgehead atoms. The summed E-state index contributed by atoms with van der Waals surface area (Å²) in [7, 11) is 0. The van der Waals surface area contributed by atoms with Crippen molar-refractivity contribution in [1.82, 2.24) is 5.32 Å². The van der Waals surface area contributed by atoms with E-state index in [1.165, 1.54) is 0 Å². The summed E-state index contributed by atoms with van der Waals surface area (Å²) < 4.78 is 0. The van der Waals surface area contributed by atoms with Crippen LogP contribution in [0.3, 0.4) is 0 Å². The van der Waals surface area contributed by atoms with Gasteiger partial charge in [-0.25, -0.2) is 0 Å². The Bertz CT molecular complexity index is 628. The van der Waals surface area contributed by atoms with Gasteiger partial charge >= 0.3 is 0 Å². The summed E-state index contributed by atoms with van der Waals surface area (Å²) in [6.07, 6.45) is 0.927. The molecule has 5 heteroatoms. The minimum atomic E-state index is 0.176. The van der Waals surface area contributed by atoms with Crippen molar-refractivity contribution in [2.75, 3.05) is 0 Å². The van der Waals surface area contributed by atoms with E-state index in [1.54, 1.807) is 12.1 Å². The lowest BCUT2D eigenvalue weighted by Gasteiger charge is -2.19. The molecule has 2 rings (SSSR count). The highest BCUT2D eigenvalue weighted by Gasteiger charge is 2.13. The van der Waals surface area contributed by atoms with E-state index >= 15 is 0 Å². The average molecular weight is 363 g/mol. The van der Waals surface area contributed by atoms with Crippen LogP contribution in [0.5, 0.6) is 0 Å². The summed E-state index contributed by atoms with van der Waals surface area (Å²) >= 11 is 24.5. The van der Waals surface area contributed by atoms with Crippen LogP contribution in [-0.2, 0) is 6.54 Å². The Balaban J connectivity index is 2.16. The lowest BCUT2D eigenvalue weighted by molar-refractivity contribution is 0.519. The fourth-order valence-corrected chi connectivity index (χ4v) is 3.06. The van der Waals surface area contributed by atoms with Crippen LogP contribution in [0.15, 0.2) is 36.4 Å². The van der Waals surface area contributed by atoms with Gasteiger partial charge in [0.1, 0.15) is 0 Å². The molecule has 0 aliphatic heterocycles. The van der Waals surface area contributed by atoms with Gasteiger partial charge in [0.15, 0.2) is 0 Å². The zero-order valence-corrected chi connectivity index (χ0v) is 14.5. The molecule has 1 unspecified atom stereocenters. The maximum absolute atomic E-state index is 6.22. The average Bonchev–Trinajstić information content (AvgIpc) is 2.47. The van der Waals surface area contributed by atoms with Crippen LogP contribution >= 0.6 is 46.4 Å². The van der Waals surface area contributed by atoms with Gasteiger partial charge in [0.2, 0.25) is 0 Å². The van der Waals surface area contributed by atoms with Crippen molar-refractivity contribution in [3.05, 3.63) is 67.6 Å². The van der Waals surface area contributed by atoms with Gasteiger partial charge in [0, 0.05) is 28.2 Å². The van der Waals surface area contributed by atoms with E-state index in [1.807, 2.05) is 24.3 Å². The normalized spacial score (nSPS) is 12.4. The summed E-state index contributed by atoms with van der Waals surface area (Å²) in [6.45, 7) is 2.66. The molecule has 2 aromatic carbocycles. The Labute approximate surface area is 145 Å². The van der Waals surface area contributed by atoms with E-state index < -0.39 is 0 Å². The first-order valence-electron chi connectivity index (χ1n) is 6.64. The van der Waals surface area contributed by atoms with Crippen molar-refractivity contribution in [2.45, 2.75) is 25.9 Å². The monoisotopic (exact) mass is 361 g/mol. The molecule has 0 radical (unpaired) electrons. The molecule has 1 N–H and O–H groups in total. The second kappa shape index (κ2) is 7.71. The molecule has 2 aromatic rings. The summed E-state index contributed by atoms with van der Waals surface area (Å²) in [5.74, 6) is 0. The first-order valence-corrected chi connectivity index (χ1v) is 8.15. The number of hydrogen-bond donors (Lipinski definition) is 1. The van der Waals surface area contributed by atoms with E-state index in [-0.39, 0.29) is 6.04 Å². The summed E-state index contributed by atoms with van der Waals surface area (Å²) in [5, 5.41) is 5.80. The van der Waals surface area contributed by atoms with Crippen LogP contribution in [0.2, 0.25) is 20.1 Å². The number of nitrogens with one attached hydrogen (secondary N) is 1. The Kier molecular flexibility index (Phi) is 6.21. The zero-order chi connectivity index (χ0) is 15.4. The molecule has 21 heavy (non-hydrogen) atoms. The summed E-state index contributed by atoms with van der Waals surface area (Å²) in [5.41, 5.74) is 1.95. The van der Waals surface area contributed by atoms with Crippen molar-refractivity contribution < 1.29 is 0 Å². The van der Waals surface area contributed by atoms with Gasteiger partial charge in [0.25, 0.3) is 0 Å². The van der Waals surface area contributed by atoms with Gasteiger partial charge in [-0.2, -0.15) is 0 Å². The molecule has 1 atom stereocenters. The number of halogens is 4. The predicted molar refractivity (Wildman–Crippen MR) is 92.8 cm³/mol. The van der Waals surface area contributed by atoms with Gasteiger partial charge in [-0.1, -0.05) is 65.5 Å². The minimum Gasteiger partial charge on any atom is -0.306 e. The number of hydrogen-bond acceptors (Lipinski definition) is 1. The lowest BCUT2D eigenvalue weighted by atomic mass is 10.0. The van der Waals surface area contributed by atoms with E-state index in [9.17, 15) is 0 Å². The molecule has 1 nitrogen and oxygen atoms in total. The Morgan fingerprint density at radius 3 is 2.38 bits per heavy atom. The molecule has 0 saturated carbocycles. The highest BCUT2D eigenvalue weighted by atomic mass is 35.5. The van der Waals surface area contributed by atoms with Crippen molar-refractivity contribution in [1.29, 1.82) is 0 Å². The first-order chi connectivity index (χ1) is 10.0. The van der Waals surface area contributed by atoms with E-state index in [0.717, 1.165) is 22.6 Å². The summed E-state index contributed by atoms with van der Waals surface area (Å²) in [4.78, 5) is 0. The molecule has 0 heterocycles. The second-order valence-electron chi connectivity index (χ2n) is 4.72. The third-order valence-corrected chi connectivity index (χ3v) is 4.76. The molecular formula is C16H15Cl4N. The van der Waals surface area contributed by atoms with Crippen molar-refractivity contribution in [2.24, 2.45) is 0 Å². The smallest absolute Gasteiger partial charge is 0.0652 e. The van der Waals surface area contributed by atoms with Crippen molar-refractivity contribution in [3.8, 4) is 0 Å². The van der Waals surface area contributed by atoms with Crippen LogP contribution in [0.25, 0.3) is 0 Å². The first kappa shape index (κ1) is 16.9. The topological polar surface area (TPSA) is 12.0 Å². The molecule has 112 valence electrons. The van der Waals surface area contributed by atoms with Crippen LogP contribution < -0.4 is 5.32 Å². The highest BCUT2D eigenvalue weighted by molar-refractivity contribution is 6.44. The van der Waals surface area contributed by atoms with Crippen molar-refractivity contribution in [3.63, 3.8) is 0 Å². The van der Waals surface area contributed by atoms with Gasteiger partial charge in [-0.15, -0.1) is 0 Å². The van der Waals surface area contributed by atoms with Crippen LogP contribution in [-0.4, -0.2) is 0 Å². The molecular weight excluding hydrogens is 348 g/mol. The van der Waals surface area contributed by atoms with Crippen molar-refractivity contribution >= 4 is 46.4 Å². The molecule has 0 amide bonds. The van der Waals surface area contributed by atoms with Gasteiger partial charge in [-0.05, 0) is 36.2 Å². The predicted octanol–water partition coefficient (Wildman–Crippen LogP) is 6.54. The molecule has 0 spiro atoms. The molecule has 0 aliphatic carbocycles. The Morgan fingerprint density at radius 1 is 1.00 bits per heavy atom. The quantitative estimate of drug-likeness (QED) is 0.595. The van der Waals surface area contributed by atoms with Crippen LogP contribution in [0.4, 0.5) is 0 Å². The maximum Gasteiger partial charge on any atom is 0.0652 e. The second-order valence-corrected chi connectivity index (χ2v) is 6.35. The lowest BCUT2D eigenvalue weighted by Crippen LogP contribution is -2.20. The molecule has 0 saturated heterocycles. The third kappa shape index (κ3) is 4.28. The number of benzene rings is 2. The Morgan fingerprint density at radius 2 is 1.71 bits per heavy atom. The van der Waals surface area contributed by atoms with Gasteiger partial charge < -0.3 is 5.32 Å². The van der Waals surface area contributed by atoms with E-state index in [0.29, 0.717) is 21.6 Å². The SMILES string of the molecule is CCC(NCc1c(Cl)ccc(Cl)c1Cl)c1cccc(Cl)c1. The zero-order valence-electron chi connectivity index (χ0n) is 11.5. The maximum atomic E-state index is 6.22. The largest absolute Gasteiger partial charge is 0.306 e. The van der Waals surface area contributed by atoms with E-state index in [2.05, 4.69) is 12.2 Å². The highest BCUT2D eigenvalue weighted by Crippen LogP contribution is 2.32. The Hall–Kier alpha value is -0.440.